The first kappa shape index (κ1) is 16.1. The Hall–Kier alpha value is -1.26. The van der Waals surface area contributed by atoms with Crippen molar-refractivity contribution in [2.45, 2.75) is 70.8 Å². The summed E-state index contributed by atoms with van der Waals surface area (Å²) in [6.45, 7) is 3.04. The van der Waals surface area contributed by atoms with Crippen molar-refractivity contribution >= 4 is 12.0 Å². The molecule has 0 spiro atoms. The van der Waals surface area contributed by atoms with E-state index < -0.39 is 11.4 Å². The number of urea groups is 1. The molecule has 2 N–H and O–H groups in total. The molecule has 0 aromatic rings. The number of hydrogen-bond donors (Lipinski definition) is 2. The van der Waals surface area contributed by atoms with Crippen molar-refractivity contribution in [1.29, 1.82) is 0 Å². The lowest BCUT2D eigenvalue weighted by atomic mass is 9.76. The molecule has 0 aromatic heterocycles. The van der Waals surface area contributed by atoms with Gasteiger partial charge in [0.05, 0.1) is 5.41 Å². The van der Waals surface area contributed by atoms with E-state index in [1.54, 1.807) is 4.90 Å². The highest BCUT2D eigenvalue weighted by molar-refractivity contribution is 5.79. The molecule has 1 saturated carbocycles. The number of likely N-dealkylation sites (tertiary alicyclic amines) is 1. The van der Waals surface area contributed by atoms with Crippen LogP contribution >= 0.6 is 0 Å². The topological polar surface area (TPSA) is 69.6 Å². The molecule has 1 unspecified atom stereocenters. The van der Waals surface area contributed by atoms with E-state index in [9.17, 15) is 14.7 Å². The number of hydrogen-bond acceptors (Lipinski definition) is 2. The van der Waals surface area contributed by atoms with E-state index in [1.165, 1.54) is 19.3 Å². The average molecular weight is 296 g/mol. The largest absolute Gasteiger partial charge is 0.481 e. The molecule has 120 valence electrons. The monoisotopic (exact) mass is 296 g/mol. The maximum Gasteiger partial charge on any atom is 0.317 e. The van der Waals surface area contributed by atoms with Crippen LogP contribution in [-0.4, -0.2) is 41.1 Å². The number of carbonyl (C=O) groups excluding carboxylic acids is 1. The molecular formula is C16H28N2O3. The minimum absolute atomic E-state index is 0.0664. The molecule has 0 bridgehead atoms. The number of rotatable bonds is 4. The Bertz CT molecular complexity index is 376. The van der Waals surface area contributed by atoms with Crippen LogP contribution in [0, 0.1) is 5.41 Å². The van der Waals surface area contributed by atoms with Gasteiger partial charge in [0.15, 0.2) is 0 Å². The van der Waals surface area contributed by atoms with Crippen molar-refractivity contribution in [2.24, 2.45) is 5.41 Å². The highest BCUT2D eigenvalue weighted by Gasteiger charge is 2.43. The molecule has 0 aromatic carbocycles. The molecular weight excluding hydrogens is 268 g/mol. The third-order valence-corrected chi connectivity index (χ3v) is 4.98. The predicted molar refractivity (Wildman–Crippen MR) is 81.2 cm³/mol. The minimum Gasteiger partial charge on any atom is -0.481 e. The van der Waals surface area contributed by atoms with Gasteiger partial charge >= 0.3 is 12.0 Å². The SMILES string of the molecule is CCCC1(C(=O)O)CCCN(C(=O)NC2CCCCC2)C1. The summed E-state index contributed by atoms with van der Waals surface area (Å²) in [7, 11) is 0. The first-order valence-corrected chi connectivity index (χ1v) is 8.36. The van der Waals surface area contributed by atoms with Gasteiger partial charge in [0.1, 0.15) is 0 Å². The molecule has 0 radical (unpaired) electrons. The van der Waals surface area contributed by atoms with E-state index in [-0.39, 0.29) is 12.1 Å². The molecule has 2 rings (SSSR count). The van der Waals surface area contributed by atoms with Gasteiger partial charge in [-0.05, 0) is 32.1 Å². The summed E-state index contributed by atoms with van der Waals surface area (Å²) in [6, 6.07) is 0.210. The highest BCUT2D eigenvalue weighted by atomic mass is 16.4. The summed E-state index contributed by atoms with van der Waals surface area (Å²) in [5.74, 6) is -0.750. The molecule has 1 saturated heterocycles. The van der Waals surface area contributed by atoms with Gasteiger partial charge in [-0.2, -0.15) is 0 Å². The molecule has 5 nitrogen and oxygen atoms in total. The van der Waals surface area contributed by atoms with Gasteiger partial charge in [-0.1, -0.05) is 32.6 Å². The van der Waals surface area contributed by atoms with E-state index in [2.05, 4.69) is 5.32 Å². The van der Waals surface area contributed by atoms with Gasteiger partial charge in [-0.25, -0.2) is 4.79 Å². The fourth-order valence-corrected chi connectivity index (χ4v) is 3.78. The van der Waals surface area contributed by atoms with Crippen molar-refractivity contribution in [2.75, 3.05) is 13.1 Å². The summed E-state index contributed by atoms with van der Waals surface area (Å²) in [4.78, 5) is 25.8. The Balaban J connectivity index is 1.95. The lowest BCUT2D eigenvalue weighted by molar-refractivity contribution is -0.152. The van der Waals surface area contributed by atoms with Gasteiger partial charge in [0.25, 0.3) is 0 Å². The summed E-state index contributed by atoms with van der Waals surface area (Å²) in [5, 5.41) is 12.7. The quantitative estimate of drug-likeness (QED) is 0.838. The van der Waals surface area contributed by atoms with Gasteiger partial charge < -0.3 is 15.3 Å². The van der Waals surface area contributed by atoms with Crippen LogP contribution in [0.2, 0.25) is 0 Å². The van der Waals surface area contributed by atoms with Crippen LogP contribution in [0.3, 0.4) is 0 Å². The number of piperidine rings is 1. The van der Waals surface area contributed by atoms with E-state index in [1.807, 2.05) is 6.92 Å². The zero-order valence-corrected chi connectivity index (χ0v) is 13.1. The van der Waals surface area contributed by atoms with E-state index in [0.29, 0.717) is 25.9 Å². The summed E-state index contributed by atoms with van der Waals surface area (Å²) >= 11 is 0. The second-order valence-corrected chi connectivity index (χ2v) is 6.65. The van der Waals surface area contributed by atoms with Crippen LogP contribution < -0.4 is 5.32 Å². The third-order valence-electron chi connectivity index (χ3n) is 4.98. The van der Waals surface area contributed by atoms with Crippen molar-refractivity contribution in [1.82, 2.24) is 10.2 Å². The van der Waals surface area contributed by atoms with Gasteiger partial charge in [0.2, 0.25) is 0 Å². The van der Waals surface area contributed by atoms with Crippen LogP contribution in [0.4, 0.5) is 4.79 Å². The summed E-state index contributed by atoms with van der Waals surface area (Å²) < 4.78 is 0. The maximum absolute atomic E-state index is 12.4. The molecule has 1 atom stereocenters. The summed E-state index contributed by atoms with van der Waals surface area (Å²) in [6.07, 6.45) is 8.68. The lowest BCUT2D eigenvalue weighted by Crippen LogP contribution is -2.54. The zero-order chi connectivity index (χ0) is 15.3. The van der Waals surface area contributed by atoms with Crippen molar-refractivity contribution in [3.05, 3.63) is 0 Å². The Morgan fingerprint density at radius 2 is 1.95 bits per heavy atom. The average Bonchev–Trinajstić information content (AvgIpc) is 2.48. The Labute approximate surface area is 127 Å². The van der Waals surface area contributed by atoms with Gasteiger partial charge in [0, 0.05) is 19.1 Å². The van der Waals surface area contributed by atoms with Gasteiger partial charge in [-0.15, -0.1) is 0 Å². The van der Waals surface area contributed by atoms with Crippen molar-refractivity contribution in [3.63, 3.8) is 0 Å². The minimum atomic E-state index is -0.750. The predicted octanol–water partition coefficient (Wildman–Crippen LogP) is 3.00. The van der Waals surface area contributed by atoms with E-state index in [0.717, 1.165) is 25.7 Å². The maximum atomic E-state index is 12.4. The molecule has 5 heteroatoms. The summed E-state index contributed by atoms with van der Waals surface area (Å²) in [5.41, 5.74) is -0.739. The van der Waals surface area contributed by atoms with Crippen LogP contribution in [0.25, 0.3) is 0 Å². The van der Waals surface area contributed by atoms with Crippen molar-refractivity contribution < 1.29 is 14.7 Å². The standard InChI is InChI=1S/C16H28N2O3/c1-2-9-16(14(19)20)10-6-11-18(12-16)15(21)17-13-7-4-3-5-8-13/h13H,2-12H2,1H3,(H,17,21)(H,19,20). The van der Waals surface area contributed by atoms with Gasteiger partial charge in [-0.3, -0.25) is 4.79 Å². The lowest BCUT2D eigenvalue weighted by Gasteiger charge is -2.40. The number of carbonyl (C=O) groups is 2. The number of nitrogens with one attached hydrogen (secondary N) is 1. The number of carboxylic acids is 1. The Kier molecular flexibility index (Phi) is 5.48. The van der Waals surface area contributed by atoms with Crippen LogP contribution in [0.1, 0.15) is 64.7 Å². The molecule has 2 fully saturated rings. The number of aliphatic carboxylic acids is 1. The fourth-order valence-electron chi connectivity index (χ4n) is 3.78. The molecule has 1 heterocycles. The second-order valence-electron chi connectivity index (χ2n) is 6.65. The van der Waals surface area contributed by atoms with Crippen LogP contribution in [0.5, 0.6) is 0 Å². The molecule has 1 aliphatic carbocycles. The van der Waals surface area contributed by atoms with Crippen molar-refractivity contribution in [3.8, 4) is 0 Å². The second kappa shape index (κ2) is 7.14. The number of carboxylic acid groups (broad SMARTS) is 1. The first-order chi connectivity index (χ1) is 10.1. The highest BCUT2D eigenvalue weighted by Crippen LogP contribution is 2.35. The first-order valence-electron chi connectivity index (χ1n) is 8.36. The third kappa shape index (κ3) is 3.89. The normalized spacial score (nSPS) is 27.4. The molecule has 2 amide bonds. The van der Waals surface area contributed by atoms with E-state index in [4.69, 9.17) is 0 Å². The Morgan fingerprint density at radius 1 is 1.24 bits per heavy atom. The van der Waals surface area contributed by atoms with E-state index >= 15 is 0 Å². The number of amides is 2. The van der Waals surface area contributed by atoms with Crippen LogP contribution in [0.15, 0.2) is 0 Å². The smallest absolute Gasteiger partial charge is 0.317 e. The molecule has 21 heavy (non-hydrogen) atoms. The molecule has 2 aliphatic rings. The Morgan fingerprint density at radius 3 is 2.57 bits per heavy atom. The molecule has 1 aliphatic heterocycles. The fraction of sp³-hybridized carbons (Fsp3) is 0.875. The number of nitrogens with zero attached hydrogens (tertiary/aromatic N) is 1. The zero-order valence-electron chi connectivity index (χ0n) is 13.1. The van der Waals surface area contributed by atoms with Crippen LogP contribution in [-0.2, 0) is 4.79 Å².